The van der Waals surface area contributed by atoms with Crippen molar-refractivity contribution in [2.45, 2.75) is 26.2 Å². The largest absolute Gasteiger partial charge is 0.481 e. The summed E-state index contributed by atoms with van der Waals surface area (Å²) in [5, 5.41) is 11.2. The maximum atomic E-state index is 10.7. The summed E-state index contributed by atoms with van der Waals surface area (Å²) in [4.78, 5) is 15.3. The Bertz CT molecular complexity index is 855. The van der Waals surface area contributed by atoms with Gasteiger partial charge in [0.05, 0.1) is 5.69 Å². The fourth-order valence-electron chi connectivity index (χ4n) is 2.84. The molecule has 0 aliphatic carbocycles. The first-order chi connectivity index (χ1) is 11.1. The van der Waals surface area contributed by atoms with Crippen LogP contribution < -0.4 is 0 Å². The number of aromatic nitrogens is 1. The van der Waals surface area contributed by atoms with E-state index in [1.807, 2.05) is 24.4 Å². The van der Waals surface area contributed by atoms with Crippen LogP contribution in [-0.2, 0) is 17.6 Å². The average Bonchev–Trinajstić information content (AvgIpc) is 2.53. The first kappa shape index (κ1) is 15.2. The van der Waals surface area contributed by atoms with Gasteiger partial charge in [-0.25, -0.2) is 0 Å². The average molecular weight is 305 g/mol. The maximum Gasteiger partial charge on any atom is 0.303 e. The summed E-state index contributed by atoms with van der Waals surface area (Å²) >= 11 is 0. The Morgan fingerprint density at radius 3 is 2.74 bits per heavy atom. The second kappa shape index (κ2) is 6.61. The highest BCUT2D eigenvalue weighted by atomic mass is 16.4. The summed E-state index contributed by atoms with van der Waals surface area (Å²) < 4.78 is 0. The molecule has 3 nitrogen and oxygen atoms in total. The molecule has 0 fully saturated rings. The molecule has 0 saturated heterocycles. The molecule has 0 radical (unpaired) electrons. The van der Waals surface area contributed by atoms with Gasteiger partial charge in [0.2, 0.25) is 0 Å². The summed E-state index contributed by atoms with van der Waals surface area (Å²) in [5.41, 5.74) is 4.51. The highest BCUT2D eigenvalue weighted by Crippen LogP contribution is 2.21. The van der Waals surface area contributed by atoms with Crippen molar-refractivity contribution >= 4 is 16.7 Å². The molecule has 0 aliphatic heterocycles. The van der Waals surface area contributed by atoms with Gasteiger partial charge in [-0.1, -0.05) is 48.0 Å². The summed E-state index contributed by atoms with van der Waals surface area (Å²) in [5.74, 6) is -0.763. The molecule has 3 rings (SSSR count). The van der Waals surface area contributed by atoms with Crippen LogP contribution in [0.3, 0.4) is 0 Å². The van der Waals surface area contributed by atoms with Crippen molar-refractivity contribution in [1.29, 1.82) is 0 Å². The summed E-state index contributed by atoms with van der Waals surface area (Å²) in [6, 6.07) is 16.6. The highest BCUT2D eigenvalue weighted by molar-refractivity contribution is 5.85. The molecule has 23 heavy (non-hydrogen) atoms. The number of carboxylic acids is 1. The molecule has 0 saturated carbocycles. The number of aryl methyl sites for hydroxylation is 2. The minimum atomic E-state index is -0.763. The van der Waals surface area contributed by atoms with Crippen molar-refractivity contribution < 1.29 is 9.90 Å². The molecule has 0 bridgehead atoms. The van der Waals surface area contributed by atoms with Crippen molar-refractivity contribution in [3.8, 4) is 0 Å². The fraction of sp³-hybridized carbons (Fsp3) is 0.200. The molecule has 2 aromatic carbocycles. The molecule has 116 valence electrons. The zero-order valence-corrected chi connectivity index (χ0v) is 13.1. The van der Waals surface area contributed by atoms with E-state index in [1.165, 1.54) is 16.3 Å². The Morgan fingerprint density at radius 1 is 1.09 bits per heavy atom. The number of benzene rings is 2. The molecule has 3 heteroatoms. The predicted octanol–water partition coefficient (Wildman–Crippen LogP) is 4.15. The van der Waals surface area contributed by atoms with Crippen LogP contribution >= 0.6 is 0 Å². The number of nitrogens with zero attached hydrogens (tertiary/aromatic N) is 1. The number of carbonyl (C=O) groups is 1. The number of rotatable bonds is 5. The van der Waals surface area contributed by atoms with E-state index in [9.17, 15) is 4.79 Å². The van der Waals surface area contributed by atoms with Crippen molar-refractivity contribution in [2.75, 3.05) is 0 Å². The lowest BCUT2D eigenvalue weighted by Gasteiger charge is -2.08. The summed E-state index contributed by atoms with van der Waals surface area (Å²) in [6.45, 7) is 2.09. The zero-order valence-electron chi connectivity index (χ0n) is 13.1. The SMILES string of the molecule is Cc1ccc2c(Cc3cccc(CCC(=O)O)c3)nccc2c1. The van der Waals surface area contributed by atoms with E-state index < -0.39 is 5.97 Å². The van der Waals surface area contributed by atoms with Crippen LogP contribution in [0.15, 0.2) is 54.7 Å². The van der Waals surface area contributed by atoms with Gasteiger partial charge in [0.25, 0.3) is 0 Å². The van der Waals surface area contributed by atoms with E-state index in [2.05, 4.69) is 42.2 Å². The van der Waals surface area contributed by atoms with E-state index in [-0.39, 0.29) is 6.42 Å². The summed E-state index contributed by atoms with van der Waals surface area (Å²) in [6.07, 6.45) is 3.33. The van der Waals surface area contributed by atoms with Gasteiger partial charge in [-0.05, 0) is 35.9 Å². The quantitative estimate of drug-likeness (QED) is 0.770. The van der Waals surface area contributed by atoms with E-state index in [4.69, 9.17) is 5.11 Å². The van der Waals surface area contributed by atoms with Crippen molar-refractivity contribution in [2.24, 2.45) is 0 Å². The Labute approximate surface area is 135 Å². The summed E-state index contributed by atoms with van der Waals surface area (Å²) in [7, 11) is 0. The van der Waals surface area contributed by atoms with Crippen LogP contribution in [0.4, 0.5) is 0 Å². The predicted molar refractivity (Wildman–Crippen MR) is 91.7 cm³/mol. The third kappa shape index (κ3) is 3.75. The van der Waals surface area contributed by atoms with Crippen molar-refractivity contribution in [3.63, 3.8) is 0 Å². The first-order valence-corrected chi connectivity index (χ1v) is 7.76. The second-order valence-corrected chi connectivity index (χ2v) is 5.87. The Kier molecular flexibility index (Phi) is 4.38. The van der Waals surface area contributed by atoms with Gasteiger partial charge >= 0.3 is 5.97 Å². The molecule has 0 atom stereocenters. The van der Waals surface area contributed by atoms with E-state index in [0.29, 0.717) is 6.42 Å². The lowest BCUT2D eigenvalue weighted by atomic mass is 10.00. The van der Waals surface area contributed by atoms with Gasteiger partial charge in [0.1, 0.15) is 0 Å². The molecular formula is C20H19NO2. The first-order valence-electron chi connectivity index (χ1n) is 7.76. The zero-order chi connectivity index (χ0) is 16.2. The fourth-order valence-corrected chi connectivity index (χ4v) is 2.84. The normalized spacial score (nSPS) is 10.8. The molecule has 1 aromatic heterocycles. The standard InChI is InChI=1S/C20H19NO2/c1-14-5-7-18-17(11-14)9-10-21-19(18)13-16-4-2-3-15(12-16)6-8-20(22)23/h2-5,7,9-12H,6,8,13H2,1H3,(H,22,23). The molecule has 0 unspecified atom stereocenters. The number of hydrogen-bond acceptors (Lipinski definition) is 2. The second-order valence-electron chi connectivity index (χ2n) is 5.87. The number of pyridine rings is 1. The smallest absolute Gasteiger partial charge is 0.303 e. The van der Waals surface area contributed by atoms with Gasteiger partial charge in [-0.15, -0.1) is 0 Å². The Morgan fingerprint density at radius 2 is 1.91 bits per heavy atom. The topological polar surface area (TPSA) is 50.2 Å². The molecule has 1 heterocycles. The lowest BCUT2D eigenvalue weighted by Crippen LogP contribution is -1.99. The van der Waals surface area contributed by atoms with Crippen LogP contribution in [0.2, 0.25) is 0 Å². The number of fused-ring (bicyclic) bond motifs is 1. The highest BCUT2D eigenvalue weighted by Gasteiger charge is 2.06. The number of hydrogen-bond donors (Lipinski definition) is 1. The van der Waals surface area contributed by atoms with Gasteiger partial charge in [0, 0.05) is 24.4 Å². The maximum absolute atomic E-state index is 10.7. The lowest BCUT2D eigenvalue weighted by molar-refractivity contribution is -0.136. The van der Waals surface area contributed by atoms with Gasteiger partial charge < -0.3 is 5.11 Å². The van der Waals surface area contributed by atoms with Crippen molar-refractivity contribution in [1.82, 2.24) is 4.98 Å². The molecule has 0 amide bonds. The van der Waals surface area contributed by atoms with E-state index in [0.717, 1.165) is 23.2 Å². The van der Waals surface area contributed by atoms with Crippen molar-refractivity contribution in [3.05, 3.63) is 77.1 Å². The van der Waals surface area contributed by atoms with Crippen LogP contribution in [0.5, 0.6) is 0 Å². The molecule has 3 aromatic rings. The van der Waals surface area contributed by atoms with Crippen LogP contribution in [-0.4, -0.2) is 16.1 Å². The van der Waals surface area contributed by atoms with Crippen LogP contribution in [0, 0.1) is 6.92 Å². The molecule has 1 N–H and O–H groups in total. The molecular weight excluding hydrogens is 286 g/mol. The third-order valence-electron chi connectivity index (χ3n) is 3.99. The van der Waals surface area contributed by atoms with Crippen LogP contribution in [0.25, 0.3) is 10.8 Å². The Balaban J connectivity index is 1.87. The van der Waals surface area contributed by atoms with Gasteiger partial charge in [0.15, 0.2) is 0 Å². The van der Waals surface area contributed by atoms with Crippen LogP contribution in [0.1, 0.15) is 28.8 Å². The molecule has 0 spiro atoms. The van der Waals surface area contributed by atoms with E-state index >= 15 is 0 Å². The van der Waals surface area contributed by atoms with E-state index in [1.54, 1.807) is 0 Å². The number of carboxylic acid groups (broad SMARTS) is 1. The van der Waals surface area contributed by atoms with Gasteiger partial charge in [-0.2, -0.15) is 0 Å². The monoisotopic (exact) mass is 305 g/mol. The molecule has 0 aliphatic rings. The van der Waals surface area contributed by atoms with Gasteiger partial charge in [-0.3, -0.25) is 9.78 Å². The minimum absolute atomic E-state index is 0.162. The third-order valence-corrected chi connectivity index (χ3v) is 3.99. The Hall–Kier alpha value is -2.68. The number of aliphatic carboxylic acids is 1. The minimum Gasteiger partial charge on any atom is -0.481 e.